The van der Waals surface area contributed by atoms with Crippen LogP contribution in [0.1, 0.15) is 36.5 Å². The molecule has 2 nitrogen and oxygen atoms in total. The summed E-state index contributed by atoms with van der Waals surface area (Å²) in [5.74, 6) is 0.416. The third kappa shape index (κ3) is 4.75. The van der Waals surface area contributed by atoms with Gasteiger partial charge in [0, 0.05) is 6.54 Å². The van der Waals surface area contributed by atoms with Crippen LogP contribution in [-0.2, 0) is 17.6 Å². The summed E-state index contributed by atoms with van der Waals surface area (Å²) in [6, 6.07) is 18.5. The summed E-state index contributed by atoms with van der Waals surface area (Å²) in [5.41, 5.74) is 3.62. The van der Waals surface area contributed by atoms with E-state index in [1.54, 1.807) is 0 Å². The molecule has 0 bridgehead atoms. The van der Waals surface area contributed by atoms with Gasteiger partial charge in [-0.05, 0) is 29.0 Å². The molecule has 0 spiro atoms. The van der Waals surface area contributed by atoms with Crippen molar-refractivity contribution in [3.63, 3.8) is 0 Å². The van der Waals surface area contributed by atoms with Gasteiger partial charge < -0.3 is 5.32 Å². The van der Waals surface area contributed by atoms with Gasteiger partial charge in [-0.25, -0.2) is 0 Å². The second kappa shape index (κ2) is 7.63. The molecule has 0 aromatic heterocycles. The lowest BCUT2D eigenvalue weighted by atomic mass is 10.0. The highest BCUT2D eigenvalue weighted by molar-refractivity contribution is 5.78. The van der Waals surface area contributed by atoms with Gasteiger partial charge in [-0.3, -0.25) is 4.79 Å². The predicted molar refractivity (Wildman–Crippen MR) is 87.4 cm³/mol. The van der Waals surface area contributed by atoms with Crippen molar-refractivity contribution in [1.82, 2.24) is 5.32 Å². The quantitative estimate of drug-likeness (QED) is 0.859. The van der Waals surface area contributed by atoms with Gasteiger partial charge in [0.1, 0.15) is 0 Å². The first-order valence-electron chi connectivity index (χ1n) is 7.58. The molecule has 110 valence electrons. The number of rotatable bonds is 6. The van der Waals surface area contributed by atoms with Crippen molar-refractivity contribution >= 4 is 5.91 Å². The van der Waals surface area contributed by atoms with Crippen LogP contribution in [0.3, 0.4) is 0 Å². The summed E-state index contributed by atoms with van der Waals surface area (Å²) in [6.07, 6.45) is 1.48. The maximum atomic E-state index is 12.0. The van der Waals surface area contributed by atoms with E-state index < -0.39 is 0 Å². The highest BCUT2D eigenvalue weighted by atomic mass is 16.1. The minimum atomic E-state index is 0.0852. The molecular formula is C19H23NO. The van der Waals surface area contributed by atoms with Crippen LogP contribution >= 0.6 is 0 Å². The average Bonchev–Trinajstić information content (AvgIpc) is 2.54. The zero-order valence-corrected chi connectivity index (χ0v) is 12.8. The van der Waals surface area contributed by atoms with Crippen LogP contribution in [0.15, 0.2) is 54.6 Å². The molecule has 0 fully saturated rings. The molecule has 0 radical (unpaired) electrons. The molecule has 1 atom stereocenters. The first kappa shape index (κ1) is 15.3. The van der Waals surface area contributed by atoms with Gasteiger partial charge in [0.25, 0.3) is 0 Å². The lowest BCUT2D eigenvalue weighted by Gasteiger charge is -2.13. The van der Waals surface area contributed by atoms with Gasteiger partial charge in [-0.1, -0.05) is 68.4 Å². The van der Waals surface area contributed by atoms with Crippen molar-refractivity contribution in [3.05, 3.63) is 71.3 Å². The second-order valence-corrected chi connectivity index (χ2v) is 5.46. The highest BCUT2D eigenvalue weighted by Gasteiger charge is 2.08. The SMILES string of the molecule is CCc1ccc(CC(=O)NCC(C)c2ccccc2)cc1. The summed E-state index contributed by atoms with van der Waals surface area (Å²) >= 11 is 0. The zero-order valence-electron chi connectivity index (χ0n) is 12.8. The fraction of sp³-hybridized carbons (Fsp3) is 0.316. The number of carbonyl (C=O) groups excluding carboxylic acids is 1. The Morgan fingerprint density at radius 1 is 1.00 bits per heavy atom. The standard InChI is InChI=1S/C19H23NO/c1-3-16-9-11-17(12-10-16)13-19(21)20-14-15(2)18-7-5-4-6-8-18/h4-12,15H,3,13-14H2,1-2H3,(H,20,21). The lowest BCUT2D eigenvalue weighted by Crippen LogP contribution is -2.28. The predicted octanol–water partition coefficient (Wildman–Crippen LogP) is 3.71. The van der Waals surface area contributed by atoms with E-state index in [0.717, 1.165) is 12.0 Å². The summed E-state index contributed by atoms with van der Waals surface area (Å²) in [4.78, 5) is 12.0. The van der Waals surface area contributed by atoms with Gasteiger partial charge in [-0.2, -0.15) is 0 Å². The second-order valence-electron chi connectivity index (χ2n) is 5.46. The summed E-state index contributed by atoms with van der Waals surface area (Å²) in [6.45, 7) is 4.94. The monoisotopic (exact) mass is 281 g/mol. The smallest absolute Gasteiger partial charge is 0.224 e. The molecule has 2 rings (SSSR count). The van der Waals surface area contributed by atoms with E-state index in [4.69, 9.17) is 0 Å². The number of benzene rings is 2. The van der Waals surface area contributed by atoms with Crippen LogP contribution < -0.4 is 5.32 Å². The molecule has 2 heteroatoms. The van der Waals surface area contributed by atoms with E-state index in [1.165, 1.54) is 11.1 Å². The number of carbonyl (C=O) groups is 1. The number of amides is 1. The first-order chi connectivity index (χ1) is 10.2. The summed E-state index contributed by atoms with van der Waals surface area (Å²) in [7, 11) is 0. The molecule has 1 N–H and O–H groups in total. The van der Waals surface area contributed by atoms with Crippen LogP contribution in [0, 0.1) is 0 Å². The molecule has 21 heavy (non-hydrogen) atoms. The normalized spacial score (nSPS) is 11.9. The van der Waals surface area contributed by atoms with Gasteiger partial charge in [0.2, 0.25) is 5.91 Å². The highest BCUT2D eigenvalue weighted by Crippen LogP contribution is 2.13. The molecule has 0 saturated heterocycles. The van der Waals surface area contributed by atoms with E-state index in [0.29, 0.717) is 18.9 Å². The summed E-state index contributed by atoms with van der Waals surface area (Å²) < 4.78 is 0. The van der Waals surface area contributed by atoms with Gasteiger partial charge in [0.15, 0.2) is 0 Å². The first-order valence-corrected chi connectivity index (χ1v) is 7.58. The maximum absolute atomic E-state index is 12.0. The third-order valence-electron chi connectivity index (χ3n) is 3.77. The van der Waals surface area contributed by atoms with Crippen molar-refractivity contribution in [1.29, 1.82) is 0 Å². The van der Waals surface area contributed by atoms with Crippen LogP contribution in [0.25, 0.3) is 0 Å². The van der Waals surface area contributed by atoms with Crippen LogP contribution in [0.4, 0.5) is 0 Å². The van der Waals surface area contributed by atoms with E-state index in [9.17, 15) is 4.79 Å². The molecule has 0 heterocycles. The molecule has 2 aromatic carbocycles. The van der Waals surface area contributed by atoms with Crippen molar-refractivity contribution < 1.29 is 4.79 Å². The fourth-order valence-corrected chi connectivity index (χ4v) is 2.31. The Morgan fingerprint density at radius 2 is 1.62 bits per heavy atom. The molecule has 2 aromatic rings. The minimum Gasteiger partial charge on any atom is -0.355 e. The fourth-order valence-electron chi connectivity index (χ4n) is 2.31. The third-order valence-corrected chi connectivity index (χ3v) is 3.77. The molecule has 1 unspecified atom stereocenters. The number of hydrogen-bond acceptors (Lipinski definition) is 1. The zero-order chi connectivity index (χ0) is 15.1. The Balaban J connectivity index is 1.81. The Hall–Kier alpha value is -2.09. The largest absolute Gasteiger partial charge is 0.355 e. The van der Waals surface area contributed by atoms with Crippen molar-refractivity contribution in [2.24, 2.45) is 0 Å². The van der Waals surface area contributed by atoms with E-state index in [1.807, 2.05) is 30.3 Å². The summed E-state index contributed by atoms with van der Waals surface area (Å²) in [5, 5.41) is 3.02. The lowest BCUT2D eigenvalue weighted by molar-refractivity contribution is -0.120. The number of nitrogens with one attached hydrogen (secondary N) is 1. The minimum absolute atomic E-state index is 0.0852. The van der Waals surface area contributed by atoms with Crippen LogP contribution in [0.2, 0.25) is 0 Å². The Morgan fingerprint density at radius 3 is 2.24 bits per heavy atom. The Kier molecular flexibility index (Phi) is 5.56. The molecule has 0 aliphatic rings. The van der Waals surface area contributed by atoms with E-state index in [2.05, 4.69) is 43.4 Å². The van der Waals surface area contributed by atoms with Crippen LogP contribution in [-0.4, -0.2) is 12.5 Å². The Bertz CT molecular complexity index is 560. The van der Waals surface area contributed by atoms with Crippen molar-refractivity contribution in [3.8, 4) is 0 Å². The van der Waals surface area contributed by atoms with Gasteiger partial charge in [-0.15, -0.1) is 0 Å². The molecular weight excluding hydrogens is 258 g/mol. The topological polar surface area (TPSA) is 29.1 Å². The molecule has 0 saturated carbocycles. The Labute approximate surface area is 127 Å². The molecule has 0 aliphatic heterocycles. The van der Waals surface area contributed by atoms with Gasteiger partial charge >= 0.3 is 0 Å². The van der Waals surface area contributed by atoms with Crippen molar-refractivity contribution in [2.45, 2.75) is 32.6 Å². The number of hydrogen-bond donors (Lipinski definition) is 1. The van der Waals surface area contributed by atoms with E-state index >= 15 is 0 Å². The maximum Gasteiger partial charge on any atom is 0.224 e. The van der Waals surface area contributed by atoms with Crippen LogP contribution in [0.5, 0.6) is 0 Å². The van der Waals surface area contributed by atoms with Gasteiger partial charge in [0.05, 0.1) is 6.42 Å². The molecule has 0 aliphatic carbocycles. The average molecular weight is 281 g/mol. The van der Waals surface area contributed by atoms with Crippen molar-refractivity contribution in [2.75, 3.05) is 6.54 Å². The van der Waals surface area contributed by atoms with E-state index in [-0.39, 0.29) is 5.91 Å². The molecule has 1 amide bonds. The number of aryl methyl sites for hydroxylation is 1.